The predicted molar refractivity (Wildman–Crippen MR) is 63.2 cm³/mol. The van der Waals surface area contributed by atoms with Crippen LogP contribution in [0.3, 0.4) is 0 Å². The Balaban J connectivity index is 2.77. The maximum atomic E-state index is 13.3. The van der Waals surface area contributed by atoms with Gasteiger partial charge in [0.15, 0.2) is 0 Å². The molecule has 2 nitrogen and oxygen atoms in total. The van der Waals surface area contributed by atoms with Crippen LogP contribution in [0.2, 0.25) is 5.02 Å². The minimum Gasteiger partial charge on any atom is -0.351 e. The molecular weight excluding hydrogens is 229 g/mol. The van der Waals surface area contributed by atoms with Crippen LogP contribution in [0.5, 0.6) is 0 Å². The van der Waals surface area contributed by atoms with Crippen molar-refractivity contribution in [3.63, 3.8) is 0 Å². The van der Waals surface area contributed by atoms with Crippen LogP contribution in [0.25, 0.3) is 0 Å². The number of benzene rings is 1. The number of halogens is 2. The number of hydrogen-bond donors (Lipinski definition) is 1. The zero-order valence-electron chi connectivity index (χ0n) is 9.60. The summed E-state index contributed by atoms with van der Waals surface area (Å²) in [6.45, 7) is 6.45. The number of rotatable bonds is 2. The van der Waals surface area contributed by atoms with E-state index in [1.807, 2.05) is 20.8 Å². The normalized spacial score (nSPS) is 11.3. The first kappa shape index (κ1) is 13.0. The largest absolute Gasteiger partial charge is 0.351 e. The minimum atomic E-state index is -0.559. The number of amides is 1. The molecule has 4 heteroatoms. The Kier molecular flexibility index (Phi) is 3.92. The molecule has 16 heavy (non-hydrogen) atoms. The highest BCUT2D eigenvalue weighted by Crippen LogP contribution is 2.16. The molecule has 0 atom stereocenters. The van der Waals surface area contributed by atoms with Gasteiger partial charge in [-0.15, -0.1) is 0 Å². The van der Waals surface area contributed by atoms with Crippen LogP contribution >= 0.6 is 11.6 Å². The lowest BCUT2D eigenvalue weighted by Crippen LogP contribution is -2.32. The van der Waals surface area contributed by atoms with E-state index in [9.17, 15) is 9.18 Å². The van der Waals surface area contributed by atoms with Crippen molar-refractivity contribution in [3.8, 4) is 0 Å². The van der Waals surface area contributed by atoms with Gasteiger partial charge in [0.2, 0.25) is 0 Å². The van der Waals surface area contributed by atoms with Crippen LogP contribution in [0.4, 0.5) is 4.39 Å². The van der Waals surface area contributed by atoms with Gasteiger partial charge in [-0.2, -0.15) is 0 Å². The molecule has 0 saturated heterocycles. The molecular formula is C12H15ClFNO. The molecule has 1 aromatic carbocycles. The number of hydrogen-bond acceptors (Lipinski definition) is 1. The fourth-order valence-corrected chi connectivity index (χ4v) is 1.28. The summed E-state index contributed by atoms with van der Waals surface area (Å²) >= 11 is 5.70. The Hall–Kier alpha value is -1.09. The van der Waals surface area contributed by atoms with Crippen LogP contribution in [0, 0.1) is 11.2 Å². The number of carbonyl (C=O) groups is 1. The van der Waals surface area contributed by atoms with Gasteiger partial charge in [-0.05, 0) is 23.6 Å². The molecule has 0 heterocycles. The second kappa shape index (κ2) is 4.83. The molecule has 0 radical (unpaired) electrons. The zero-order chi connectivity index (χ0) is 12.3. The second-order valence-corrected chi connectivity index (χ2v) is 5.30. The van der Waals surface area contributed by atoms with Gasteiger partial charge in [0.25, 0.3) is 5.91 Å². The van der Waals surface area contributed by atoms with Crippen molar-refractivity contribution in [2.45, 2.75) is 20.8 Å². The van der Waals surface area contributed by atoms with Crippen LogP contribution in [0.15, 0.2) is 18.2 Å². The Morgan fingerprint density at radius 2 is 2.06 bits per heavy atom. The average molecular weight is 244 g/mol. The van der Waals surface area contributed by atoms with E-state index in [-0.39, 0.29) is 11.0 Å². The smallest absolute Gasteiger partial charge is 0.254 e. The van der Waals surface area contributed by atoms with Crippen LogP contribution in [-0.2, 0) is 0 Å². The summed E-state index contributed by atoms with van der Waals surface area (Å²) in [6, 6.07) is 3.93. The molecule has 0 aliphatic carbocycles. The molecule has 1 rings (SSSR count). The predicted octanol–water partition coefficient (Wildman–Crippen LogP) is 3.26. The van der Waals surface area contributed by atoms with Crippen molar-refractivity contribution in [1.29, 1.82) is 0 Å². The lowest BCUT2D eigenvalue weighted by molar-refractivity contribution is 0.0935. The molecule has 0 fully saturated rings. The summed E-state index contributed by atoms with van der Waals surface area (Å²) < 4.78 is 13.3. The van der Waals surface area contributed by atoms with E-state index in [2.05, 4.69) is 5.32 Å². The summed E-state index contributed by atoms with van der Waals surface area (Å²) in [4.78, 5) is 11.7. The van der Waals surface area contributed by atoms with E-state index in [0.717, 1.165) is 0 Å². The molecule has 0 aliphatic rings. The van der Waals surface area contributed by atoms with E-state index in [1.165, 1.54) is 18.2 Å². The molecule has 0 spiro atoms. The third kappa shape index (κ3) is 3.81. The highest BCUT2D eigenvalue weighted by molar-refractivity contribution is 6.30. The Morgan fingerprint density at radius 1 is 1.44 bits per heavy atom. The first-order chi connectivity index (χ1) is 7.29. The Labute approximate surface area is 99.8 Å². The second-order valence-electron chi connectivity index (χ2n) is 4.87. The zero-order valence-corrected chi connectivity index (χ0v) is 10.4. The molecule has 1 N–H and O–H groups in total. The molecule has 0 saturated carbocycles. The third-order valence-corrected chi connectivity index (χ3v) is 2.19. The molecule has 0 bridgehead atoms. The quantitative estimate of drug-likeness (QED) is 0.849. The third-order valence-electron chi connectivity index (χ3n) is 1.95. The van der Waals surface area contributed by atoms with E-state index >= 15 is 0 Å². The molecule has 88 valence electrons. The molecule has 0 aliphatic heterocycles. The highest BCUT2D eigenvalue weighted by Gasteiger charge is 2.15. The van der Waals surface area contributed by atoms with Gasteiger partial charge >= 0.3 is 0 Å². The van der Waals surface area contributed by atoms with Crippen molar-refractivity contribution >= 4 is 17.5 Å². The summed E-state index contributed by atoms with van der Waals surface area (Å²) in [5, 5.41) is 3.02. The van der Waals surface area contributed by atoms with Gasteiger partial charge in [-0.1, -0.05) is 32.4 Å². The molecule has 1 aromatic rings. The van der Waals surface area contributed by atoms with Crippen molar-refractivity contribution in [2.24, 2.45) is 5.41 Å². The van der Waals surface area contributed by atoms with E-state index in [0.29, 0.717) is 11.6 Å². The van der Waals surface area contributed by atoms with Crippen LogP contribution < -0.4 is 5.32 Å². The van der Waals surface area contributed by atoms with E-state index in [4.69, 9.17) is 11.6 Å². The monoisotopic (exact) mass is 243 g/mol. The van der Waals surface area contributed by atoms with Crippen molar-refractivity contribution in [3.05, 3.63) is 34.6 Å². The standard InChI is InChI=1S/C12H15ClFNO/c1-12(2,3)7-15-11(16)9-6-8(13)4-5-10(9)14/h4-6H,7H2,1-3H3,(H,15,16). The van der Waals surface area contributed by atoms with E-state index in [1.54, 1.807) is 0 Å². The van der Waals surface area contributed by atoms with Crippen LogP contribution in [-0.4, -0.2) is 12.5 Å². The fourth-order valence-electron chi connectivity index (χ4n) is 1.11. The van der Waals surface area contributed by atoms with E-state index < -0.39 is 11.7 Å². The maximum absolute atomic E-state index is 13.3. The number of nitrogens with one attached hydrogen (secondary N) is 1. The van der Waals surface area contributed by atoms with Crippen molar-refractivity contribution in [2.75, 3.05) is 6.54 Å². The maximum Gasteiger partial charge on any atom is 0.254 e. The van der Waals surface area contributed by atoms with Gasteiger partial charge in [0.05, 0.1) is 5.56 Å². The van der Waals surface area contributed by atoms with Gasteiger partial charge in [-0.3, -0.25) is 4.79 Å². The Bertz CT molecular complexity index is 398. The Morgan fingerprint density at radius 3 is 2.62 bits per heavy atom. The summed E-state index contributed by atoms with van der Waals surface area (Å²) in [5.74, 6) is -0.995. The summed E-state index contributed by atoms with van der Waals surface area (Å²) in [6.07, 6.45) is 0. The first-order valence-electron chi connectivity index (χ1n) is 5.03. The van der Waals surface area contributed by atoms with Gasteiger partial charge in [0, 0.05) is 11.6 Å². The highest BCUT2D eigenvalue weighted by atomic mass is 35.5. The lowest BCUT2D eigenvalue weighted by Gasteiger charge is -2.18. The molecule has 0 unspecified atom stereocenters. The minimum absolute atomic E-state index is 0.0169. The molecule has 1 amide bonds. The topological polar surface area (TPSA) is 29.1 Å². The van der Waals surface area contributed by atoms with Gasteiger partial charge in [0.1, 0.15) is 5.82 Å². The lowest BCUT2D eigenvalue weighted by atomic mass is 9.97. The fraction of sp³-hybridized carbons (Fsp3) is 0.417. The summed E-state index contributed by atoms with van der Waals surface area (Å²) in [7, 11) is 0. The van der Waals surface area contributed by atoms with Gasteiger partial charge < -0.3 is 5.32 Å². The van der Waals surface area contributed by atoms with Crippen molar-refractivity contribution < 1.29 is 9.18 Å². The van der Waals surface area contributed by atoms with Crippen molar-refractivity contribution in [1.82, 2.24) is 5.32 Å². The van der Waals surface area contributed by atoms with Crippen LogP contribution in [0.1, 0.15) is 31.1 Å². The van der Waals surface area contributed by atoms with Gasteiger partial charge in [-0.25, -0.2) is 4.39 Å². The summed E-state index contributed by atoms with van der Waals surface area (Å²) in [5.41, 5.74) is -0.0539. The first-order valence-corrected chi connectivity index (χ1v) is 5.41. The molecule has 0 aromatic heterocycles. The average Bonchev–Trinajstić information content (AvgIpc) is 2.17. The number of carbonyl (C=O) groups excluding carboxylic acids is 1. The SMILES string of the molecule is CC(C)(C)CNC(=O)c1cc(Cl)ccc1F.